The van der Waals surface area contributed by atoms with Crippen LogP contribution in [0.3, 0.4) is 0 Å². The van der Waals surface area contributed by atoms with Crippen LogP contribution in [0.1, 0.15) is 213 Å². The zero-order valence-corrected chi connectivity index (χ0v) is 30.5. The molecule has 0 aliphatic heterocycles. The predicted octanol–water partition coefficient (Wildman–Crippen LogP) is 12.2. The zero-order chi connectivity index (χ0) is 32.2. The Balaban J connectivity index is 3.94. The second kappa shape index (κ2) is 36.9. The molecule has 0 aromatic carbocycles. The Morgan fingerprint density at radius 1 is 0.500 bits per heavy atom. The van der Waals surface area contributed by atoms with Crippen LogP contribution in [-0.2, 0) is 9.53 Å². The molecule has 4 nitrogen and oxygen atoms in total. The van der Waals surface area contributed by atoms with Gasteiger partial charge in [0.25, 0.3) is 0 Å². The number of ether oxygens (including phenoxy) is 1. The summed E-state index contributed by atoms with van der Waals surface area (Å²) in [6.07, 6.45) is 38.0. The van der Waals surface area contributed by atoms with Crippen LogP contribution < -0.4 is 0 Å². The van der Waals surface area contributed by atoms with Crippen molar-refractivity contribution in [1.82, 2.24) is 4.90 Å². The van der Waals surface area contributed by atoms with Crippen molar-refractivity contribution in [2.75, 3.05) is 32.8 Å². The number of carbonyl (C=O) groups excluding carboxylic acids is 1. The smallest absolute Gasteiger partial charge is 0.305 e. The Morgan fingerprint density at radius 3 is 1.32 bits per heavy atom. The van der Waals surface area contributed by atoms with E-state index in [1.165, 1.54) is 174 Å². The summed E-state index contributed by atoms with van der Waals surface area (Å²) in [5.74, 6) is 0.595. The van der Waals surface area contributed by atoms with Crippen LogP contribution in [0.4, 0.5) is 0 Å². The fourth-order valence-electron chi connectivity index (χ4n) is 6.41. The summed E-state index contributed by atoms with van der Waals surface area (Å²) in [6.45, 7) is 11.4. The summed E-state index contributed by atoms with van der Waals surface area (Å²) in [5.41, 5.74) is 0. The summed E-state index contributed by atoms with van der Waals surface area (Å²) in [5, 5.41) is 9.18. The second-order valence-corrected chi connectivity index (χ2v) is 13.9. The fourth-order valence-corrected chi connectivity index (χ4v) is 6.41. The highest BCUT2D eigenvalue weighted by molar-refractivity contribution is 5.69. The molecule has 0 heterocycles. The largest absolute Gasteiger partial charge is 0.465 e. The lowest BCUT2D eigenvalue weighted by Gasteiger charge is -2.22. The molecular weight excluding hydrogens is 542 g/mol. The number of hydrogen-bond donors (Lipinski definition) is 1. The molecule has 0 aliphatic rings. The van der Waals surface area contributed by atoms with E-state index < -0.39 is 0 Å². The molecule has 0 saturated carbocycles. The predicted molar refractivity (Wildman–Crippen MR) is 194 cm³/mol. The van der Waals surface area contributed by atoms with Crippen LogP contribution in [0.2, 0.25) is 0 Å². The monoisotopic (exact) mass is 624 g/mol. The lowest BCUT2D eigenvalue weighted by atomic mass is 9.95. The lowest BCUT2D eigenvalue weighted by molar-refractivity contribution is -0.145. The van der Waals surface area contributed by atoms with Crippen molar-refractivity contribution in [3.63, 3.8) is 0 Å². The van der Waals surface area contributed by atoms with Crippen LogP contribution in [-0.4, -0.2) is 48.8 Å². The minimum Gasteiger partial charge on any atom is -0.465 e. The van der Waals surface area contributed by atoms with Crippen molar-refractivity contribution in [3.8, 4) is 0 Å². The van der Waals surface area contributed by atoms with Crippen LogP contribution in [0.5, 0.6) is 0 Å². The van der Waals surface area contributed by atoms with E-state index in [4.69, 9.17) is 4.74 Å². The molecule has 0 radical (unpaired) electrons. The molecule has 0 aromatic heterocycles. The normalized spacial score (nSPS) is 12.3. The van der Waals surface area contributed by atoms with E-state index in [1.54, 1.807) is 0 Å². The molecular formula is C40H81NO3. The molecule has 1 N–H and O–H groups in total. The van der Waals surface area contributed by atoms with Crippen molar-refractivity contribution in [3.05, 3.63) is 0 Å². The van der Waals surface area contributed by atoms with Gasteiger partial charge in [0.1, 0.15) is 0 Å². The maximum Gasteiger partial charge on any atom is 0.305 e. The molecule has 0 fully saturated rings. The molecule has 0 aliphatic carbocycles. The van der Waals surface area contributed by atoms with Gasteiger partial charge in [-0.1, -0.05) is 162 Å². The summed E-state index contributed by atoms with van der Waals surface area (Å²) in [6, 6.07) is 0. The Bertz CT molecular complexity index is 555. The van der Waals surface area contributed by atoms with Crippen LogP contribution in [0.25, 0.3) is 0 Å². The van der Waals surface area contributed by atoms with Gasteiger partial charge in [0.2, 0.25) is 0 Å². The third-order valence-corrected chi connectivity index (χ3v) is 9.48. The topological polar surface area (TPSA) is 49.8 Å². The lowest BCUT2D eigenvalue weighted by Crippen LogP contribution is -2.27. The molecule has 0 aromatic rings. The van der Waals surface area contributed by atoms with Gasteiger partial charge in [-0.25, -0.2) is 0 Å². The second-order valence-electron chi connectivity index (χ2n) is 13.9. The van der Waals surface area contributed by atoms with E-state index in [1.807, 2.05) is 0 Å². The Kier molecular flexibility index (Phi) is 36.3. The number of nitrogens with zero attached hydrogens (tertiary/aromatic N) is 1. The van der Waals surface area contributed by atoms with E-state index in [0.29, 0.717) is 25.6 Å². The number of aliphatic hydroxyl groups excluding tert-OH is 1. The van der Waals surface area contributed by atoms with Gasteiger partial charge >= 0.3 is 5.97 Å². The Labute approximate surface area is 277 Å². The van der Waals surface area contributed by atoms with Crippen molar-refractivity contribution in [2.45, 2.75) is 213 Å². The van der Waals surface area contributed by atoms with Crippen molar-refractivity contribution in [2.24, 2.45) is 5.92 Å². The maximum atomic E-state index is 12.4. The quantitative estimate of drug-likeness (QED) is 0.0552. The van der Waals surface area contributed by atoms with Gasteiger partial charge in [0.15, 0.2) is 0 Å². The molecule has 264 valence electrons. The van der Waals surface area contributed by atoms with E-state index in [-0.39, 0.29) is 5.97 Å². The number of carbonyl (C=O) groups is 1. The molecule has 0 rings (SSSR count). The molecule has 0 spiro atoms. The molecule has 0 amide bonds. The highest BCUT2D eigenvalue weighted by atomic mass is 16.5. The van der Waals surface area contributed by atoms with E-state index in [0.717, 1.165) is 32.2 Å². The SMILES string of the molecule is CCCCCCCCCCN(CCCCO)CCCCCCCCCC(=O)OCC(CCCCCC)CCCCCCCC. The standard InChI is InChI=1S/C40H81NO3/c1-4-7-10-13-15-18-22-27-34-41(36-29-30-37-42)35-28-23-19-16-17-21-26-33-40(43)44-38-39(31-24-12-9-6-3)32-25-20-14-11-8-5-2/h39,42H,4-38H2,1-3H3. The molecule has 4 heteroatoms. The van der Waals surface area contributed by atoms with Gasteiger partial charge in [0.05, 0.1) is 6.61 Å². The van der Waals surface area contributed by atoms with Crippen LogP contribution >= 0.6 is 0 Å². The highest BCUT2D eigenvalue weighted by Crippen LogP contribution is 2.20. The zero-order valence-electron chi connectivity index (χ0n) is 30.5. The summed E-state index contributed by atoms with van der Waals surface area (Å²) in [7, 11) is 0. The summed E-state index contributed by atoms with van der Waals surface area (Å²) >= 11 is 0. The van der Waals surface area contributed by atoms with Gasteiger partial charge in [-0.3, -0.25) is 4.79 Å². The molecule has 0 saturated heterocycles. The molecule has 0 bridgehead atoms. The maximum absolute atomic E-state index is 12.4. The number of esters is 1. The van der Waals surface area contributed by atoms with Crippen LogP contribution in [0, 0.1) is 5.92 Å². The third kappa shape index (κ3) is 32.8. The van der Waals surface area contributed by atoms with Gasteiger partial charge in [-0.05, 0) is 70.5 Å². The van der Waals surface area contributed by atoms with E-state index in [2.05, 4.69) is 25.7 Å². The van der Waals surface area contributed by atoms with Crippen LogP contribution in [0.15, 0.2) is 0 Å². The number of hydrogen-bond acceptors (Lipinski definition) is 4. The van der Waals surface area contributed by atoms with E-state index in [9.17, 15) is 9.90 Å². The molecule has 1 atom stereocenters. The molecule has 44 heavy (non-hydrogen) atoms. The minimum absolute atomic E-state index is 0.0317. The first-order valence-electron chi connectivity index (χ1n) is 20.2. The van der Waals surface area contributed by atoms with Gasteiger partial charge < -0.3 is 14.7 Å². The summed E-state index contributed by atoms with van der Waals surface area (Å²) in [4.78, 5) is 15.1. The number of rotatable bonds is 37. The summed E-state index contributed by atoms with van der Waals surface area (Å²) < 4.78 is 5.78. The first kappa shape index (κ1) is 43.4. The Hall–Kier alpha value is -0.610. The average Bonchev–Trinajstić information content (AvgIpc) is 3.03. The average molecular weight is 624 g/mol. The Morgan fingerprint density at radius 2 is 0.864 bits per heavy atom. The fraction of sp³-hybridized carbons (Fsp3) is 0.975. The first-order valence-corrected chi connectivity index (χ1v) is 20.2. The first-order chi connectivity index (χ1) is 21.7. The van der Waals surface area contributed by atoms with Crippen molar-refractivity contribution in [1.29, 1.82) is 0 Å². The van der Waals surface area contributed by atoms with Gasteiger partial charge in [0, 0.05) is 13.0 Å². The molecule has 1 unspecified atom stereocenters. The highest BCUT2D eigenvalue weighted by Gasteiger charge is 2.12. The number of unbranched alkanes of at least 4 members (excludes halogenated alkanes) is 22. The van der Waals surface area contributed by atoms with E-state index >= 15 is 0 Å². The third-order valence-electron chi connectivity index (χ3n) is 9.48. The minimum atomic E-state index is 0.0317. The van der Waals surface area contributed by atoms with Gasteiger partial charge in [-0.2, -0.15) is 0 Å². The number of aliphatic hydroxyl groups is 1. The van der Waals surface area contributed by atoms with Gasteiger partial charge in [-0.15, -0.1) is 0 Å². The van der Waals surface area contributed by atoms with Crippen molar-refractivity contribution < 1.29 is 14.6 Å². The van der Waals surface area contributed by atoms with Crippen molar-refractivity contribution >= 4 is 5.97 Å².